The standard InChI is InChI=1S/C12H26N2O2/c1-4-5-7-11(13)12(16)14(10(2)3)8-6-9-15/h10-11,15H,4-9,13H2,1-3H3. The fraction of sp³-hybridized carbons (Fsp3) is 0.917. The summed E-state index contributed by atoms with van der Waals surface area (Å²) in [6, 6.07) is -0.243. The highest BCUT2D eigenvalue weighted by molar-refractivity contribution is 5.81. The second-order valence-corrected chi connectivity index (χ2v) is 4.45. The lowest BCUT2D eigenvalue weighted by Gasteiger charge is -2.29. The molecule has 1 amide bonds. The average Bonchev–Trinajstić information content (AvgIpc) is 2.25. The molecule has 0 saturated carbocycles. The first-order chi connectivity index (χ1) is 7.54. The van der Waals surface area contributed by atoms with Crippen molar-refractivity contribution in [2.24, 2.45) is 5.73 Å². The molecule has 1 atom stereocenters. The van der Waals surface area contributed by atoms with Crippen LogP contribution in [0.4, 0.5) is 0 Å². The topological polar surface area (TPSA) is 66.6 Å². The summed E-state index contributed by atoms with van der Waals surface area (Å²) in [6.07, 6.45) is 3.40. The van der Waals surface area contributed by atoms with Crippen LogP contribution in [0.2, 0.25) is 0 Å². The Morgan fingerprint density at radius 1 is 1.38 bits per heavy atom. The van der Waals surface area contributed by atoms with E-state index < -0.39 is 0 Å². The van der Waals surface area contributed by atoms with E-state index in [2.05, 4.69) is 6.92 Å². The second kappa shape index (κ2) is 8.53. The molecule has 0 aromatic carbocycles. The molecule has 1 unspecified atom stereocenters. The molecule has 0 aromatic rings. The Labute approximate surface area is 98.8 Å². The average molecular weight is 230 g/mol. The minimum Gasteiger partial charge on any atom is -0.396 e. The van der Waals surface area contributed by atoms with E-state index in [1.807, 2.05) is 13.8 Å². The number of aliphatic hydroxyl groups is 1. The van der Waals surface area contributed by atoms with E-state index in [9.17, 15) is 4.79 Å². The largest absolute Gasteiger partial charge is 0.396 e. The summed E-state index contributed by atoms with van der Waals surface area (Å²) in [7, 11) is 0. The van der Waals surface area contributed by atoms with Crippen molar-refractivity contribution in [2.45, 2.75) is 58.5 Å². The molecule has 0 saturated heterocycles. The van der Waals surface area contributed by atoms with Crippen LogP contribution in [0.1, 0.15) is 46.5 Å². The molecule has 0 heterocycles. The van der Waals surface area contributed by atoms with Gasteiger partial charge in [0.05, 0.1) is 6.04 Å². The maximum Gasteiger partial charge on any atom is 0.239 e. The molecule has 3 N–H and O–H groups in total. The van der Waals surface area contributed by atoms with Gasteiger partial charge in [-0.05, 0) is 26.7 Å². The van der Waals surface area contributed by atoms with Gasteiger partial charge >= 0.3 is 0 Å². The van der Waals surface area contributed by atoms with Crippen molar-refractivity contribution in [3.63, 3.8) is 0 Å². The van der Waals surface area contributed by atoms with Crippen LogP contribution in [-0.2, 0) is 4.79 Å². The molecule has 0 aliphatic carbocycles. The van der Waals surface area contributed by atoms with E-state index in [4.69, 9.17) is 10.8 Å². The number of hydrogen-bond acceptors (Lipinski definition) is 3. The Morgan fingerprint density at radius 2 is 2.00 bits per heavy atom. The zero-order chi connectivity index (χ0) is 12.6. The molecule has 0 aliphatic heterocycles. The maximum atomic E-state index is 12.0. The third-order valence-electron chi connectivity index (χ3n) is 2.65. The van der Waals surface area contributed by atoms with E-state index in [1.165, 1.54) is 0 Å². The molecule has 0 bridgehead atoms. The van der Waals surface area contributed by atoms with Gasteiger partial charge in [-0.25, -0.2) is 0 Å². The fourth-order valence-electron chi connectivity index (χ4n) is 1.62. The van der Waals surface area contributed by atoms with Crippen LogP contribution in [0, 0.1) is 0 Å². The molecular formula is C12H26N2O2. The quantitative estimate of drug-likeness (QED) is 0.656. The molecule has 0 aromatic heterocycles. The van der Waals surface area contributed by atoms with Crippen LogP contribution in [0.15, 0.2) is 0 Å². The fourth-order valence-corrected chi connectivity index (χ4v) is 1.62. The Balaban J connectivity index is 4.24. The molecule has 0 spiro atoms. The zero-order valence-corrected chi connectivity index (χ0v) is 10.8. The van der Waals surface area contributed by atoms with Crippen molar-refractivity contribution >= 4 is 5.91 Å². The first-order valence-corrected chi connectivity index (χ1v) is 6.21. The van der Waals surface area contributed by atoms with Crippen molar-refractivity contribution in [2.75, 3.05) is 13.2 Å². The number of hydrogen-bond donors (Lipinski definition) is 2. The number of aliphatic hydroxyl groups excluding tert-OH is 1. The number of unbranched alkanes of at least 4 members (excludes halogenated alkanes) is 1. The van der Waals surface area contributed by atoms with Crippen molar-refractivity contribution in [1.82, 2.24) is 4.90 Å². The SMILES string of the molecule is CCCCC(N)C(=O)N(CCCO)C(C)C. The highest BCUT2D eigenvalue weighted by Gasteiger charge is 2.22. The first-order valence-electron chi connectivity index (χ1n) is 6.21. The van der Waals surface area contributed by atoms with Crippen LogP contribution < -0.4 is 5.73 Å². The van der Waals surface area contributed by atoms with Crippen molar-refractivity contribution in [1.29, 1.82) is 0 Å². The lowest BCUT2D eigenvalue weighted by molar-refractivity contribution is -0.134. The third-order valence-corrected chi connectivity index (χ3v) is 2.65. The van der Waals surface area contributed by atoms with Gasteiger partial charge in [0.2, 0.25) is 5.91 Å². The normalized spacial score (nSPS) is 12.9. The summed E-state index contributed by atoms with van der Waals surface area (Å²) >= 11 is 0. The minimum absolute atomic E-state index is 0.0110. The number of rotatable bonds is 8. The second-order valence-electron chi connectivity index (χ2n) is 4.45. The van der Waals surface area contributed by atoms with Gasteiger partial charge < -0.3 is 15.7 Å². The van der Waals surface area contributed by atoms with Gasteiger partial charge in [-0.3, -0.25) is 4.79 Å². The number of nitrogens with two attached hydrogens (primary N) is 1. The van der Waals surface area contributed by atoms with Crippen molar-refractivity contribution in [3.8, 4) is 0 Å². The van der Waals surface area contributed by atoms with E-state index in [-0.39, 0.29) is 24.6 Å². The summed E-state index contributed by atoms with van der Waals surface area (Å²) in [5.74, 6) is 0.0110. The van der Waals surface area contributed by atoms with Crippen LogP contribution in [0.5, 0.6) is 0 Å². The first kappa shape index (κ1) is 15.4. The Hall–Kier alpha value is -0.610. The molecule has 16 heavy (non-hydrogen) atoms. The van der Waals surface area contributed by atoms with Gasteiger partial charge in [0, 0.05) is 19.2 Å². The maximum absolute atomic E-state index is 12.0. The van der Waals surface area contributed by atoms with Gasteiger partial charge in [-0.15, -0.1) is 0 Å². The smallest absolute Gasteiger partial charge is 0.239 e. The highest BCUT2D eigenvalue weighted by Crippen LogP contribution is 2.07. The molecule has 0 aliphatic rings. The van der Waals surface area contributed by atoms with E-state index >= 15 is 0 Å². The van der Waals surface area contributed by atoms with E-state index in [1.54, 1.807) is 4.90 Å². The van der Waals surface area contributed by atoms with Gasteiger partial charge in [-0.2, -0.15) is 0 Å². The predicted molar refractivity (Wildman–Crippen MR) is 66.1 cm³/mol. The van der Waals surface area contributed by atoms with Gasteiger partial charge in [0.15, 0.2) is 0 Å². The van der Waals surface area contributed by atoms with E-state index in [0.29, 0.717) is 13.0 Å². The van der Waals surface area contributed by atoms with Crippen LogP contribution in [0.25, 0.3) is 0 Å². The number of amides is 1. The Bertz CT molecular complexity index is 195. The molecule has 4 heteroatoms. The van der Waals surface area contributed by atoms with E-state index in [0.717, 1.165) is 19.3 Å². The van der Waals surface area contributed by atoms with Gasteiger partial charge in [0.25, 0.3) is 0 Å². The zero-order valence-electron chi connectivity index (χ0n) is 10.8. The third kappa shape index (κ3) is 5.47. The van der Waals surface area contributed by atoms with Crippen molar-refractivity contribution < 1.29 is 9.90 Å². The summed E-state index contributed by atoms with van der Waals surface area (Å²) in [5, 5.41) is 8.79. The monoisotopic (exact) mass is 230 g/mol. The molecule has 96 valence electrons. The number of carbonyl (C=O) groups is 1. The molecule has 0 rings (SSSR count). The Morgan fingerprint density at radius 3 is 2.44 bits per heavy atom. The highest BCUT2D eigenvalue weighted by atomic mass is 16.3. The Kier molecular flexibility index (Phi) is 8.21. The number of nitrogens with zero attached hydrogens (tertiary/aromatic N) is 1. The molecule has 0 fully saturated rings. The summed E-state index contributed by atoms with van der Waals surface area (Å²) in [5.41, 5.74) is 5.86. The van der Waals surface area contributed by atoms with Crippen LogP contribution >= 0.6 is 0 Å². The summed E-state index contributed by atoms with van der Waals surface area (Å²) in [6.45, 7) is 6.74. The lowest BCUT2D eigenvalue weighted by atomic mass is 10.1. The summed E-state index contributed by atoms with van der Waals surface area (Å²) < 4.78 is 0. The van der Waals surface area contributed by atoms with Gasteiger partial charge in [-0.1, -0.05) is 19.8 Å². The van der Waals surface area contributed by atoms with Crippen molar-refractivity contribution in [3.05, 3.63) is 0 Å². The van der Waals surface area contributed by atoms with Crippen LogP contribution in [-0.4, -0.2) is 41.1 Å². The molecule has 4 nitrogen and oxygen atoms in total. The summed E-state index contributed by atoms with van der Waals surface area (Å²) in [4.78, 5) is 13.8. The predicted octanol–water partition coefficient (Wildman–Crippen LogP) is 1.12. The molecular weight excluding hydrogens is 204 g/mol. The van der Waals surface area contributed by atoms with Crippen LogP contribution in [0.3, 0.4) is 0 Å². The minimum atomic E-state index is -0.388. The lowest BCUT2D eigenvalue weighted by Crippen LogP contribution is -2.47. The number of carbonyl (C=O) groups excluding carboxylic acids is 1. The van der Waals surface area contributed by atoms with Gasteiger partial charge in [0.1, 0.15) is 0 Å². The molecule has 0 radical (unpaired) electrons.